The Labute approximate surface area is 240 Å². The number of aromatic nitrogens is 3. The van der Waals surface area contributed by atoms with E-state index >= 15 is 0 Å². The van der Waals surface area contributed by atoms with Crippen molar-refractivity contribution >= 4 is 23.4 Å². The van der Waals surface area contributed by atoms with Gasteiger partial charge in [0.05, 0.1) is 41.5 Å². The summed E-state index contributed by atoms with van der Waals surface area (Å²) in [5, 5.41) is 14.1. The van der Waals surface area contributed by atoms with Gasteiger partial charge in [0, 0.05) is 36.3 Å². The molecule has 0 saturated carbocycles. The lowest BCUT2D eigenvalue weighted by atomic mass is 9.96. The van der Waals surface area contributed by atoms with E-state index < -0.39 is 65.2 Å². The predicted molar refractivity (Wildman–Crippen MR) is 137 cm³/mol. The lowest BCUT2D eigenvalue weighted by molar-refractivity contribution is -0.141. The molecule has 2 aliphatic heterocycles. The molecular formula is C27H24ClF6N5O3. The molecule has 0 fully saturated rings. The molecular weight excluding hydrogens is 592 g/mol. The highest BCUT2D eigenvalue weighted by atomic mass is 35.5. The van der Waals surface area contributed by atoms with Gasteiger partial charge < -0.3 is 14.9 Å². The maximum absolute atomic E-state index is 13.8. The SMILES string of the molecule is CC(c1ccc(C(F)(F)F)nc1)N1C[C@@H](CO)n2nc3c(c2C1=O)CN(C(=O)c1ccc(Cl)c(C(F)(F)F)c1)[C@H](C)C3. The Bertz CT molecular complexity index is 1540. The quantitative estimate of drug-likeness (QED) is 0.402. The van der Waals surface area contributed by atoms with Gasteiger partial charge in [-0.3, -0.25) is 19.3 Å². The number of aliphatic hydroxyl groups is 1. The number of aliphatic hydroxyl groups excluding tert-OH is 1. The molecule has 3 atom stereocenters. The highest BCUT2D eigenvalue weighted by Crippen LogP contribution is 2.38. The third-order valence-electron chi connectivity index (χ3n) is 7.67. The summed E-state index contributed by atoms with van der Waals surface area (Å²) in [5.74, 6) is -1.22. The Morgan fingerprint density at radius 1 is 1.14 bits per heavy atom. The summed E-state index contributed by atoms with van der Waals surface area (Å²) >= 11 is 5.71. The molecule has 15 heteroatoms. The standard InChI is InChI=1S/C27H24ClF6N5O3/c1-13-7-21-18(11-37(13)24(41)15-3-5-20(28)19(8-15)26(29,30)31)23-25(42)38(10-17(12-40)39(23)36-21)14(2)16-4-6-22(35-9-16)27(32,33)34/h3-6,8-9,13-14,17,40H,7,10-12H2,1-2H3/t13-,14?,17+/m1/s1. The third-order valence-corrected chi connectivity index (χ3v) is 8.00. The zero-order valence-electron chi connectivity index (χ0n) is 22.2. The van der Waals surface area contributed by atoms with Crippen LogP contribution in [-0.4, -0.2) is 60.7 Å². The van der Waals surface area contributed by atoms with Gasteiger partial charge in [-0.25, -0.2) is 0 Å². The molecule has 1 unspecified atom stereocenters. The van der Waals surface area contributed by atoms with Crippen molar-refractivity contribution in [1.82, 2.24) is 24.6 Å². The molecule has 2 aromatic heterocycles. The van der Waals surface area contributed by atoms with Gasteiger partial charge in [0.25, 0.3) is 11.8 Å². The number of hydrogen-bond acceptors (Lipinski definition) is 5. The molecule has 0 saturated heterocycles. The molecule has 0 bridgehead atoms. The van der Waals surface area contributed by atoms with Crippen molar-refractivity contribution in [2.45, 2.75) is 57.3 Å². The molecule has 42 heavy (non-hydrogen) atoms. The van der Waals surface area contributed by atoms with E-state index in [4.69, 9.17) is 11.6 Å². The molecule has 1 aromatic carbocycles. The first kappa shape index (κ1) is 29.8. The molecule has 0 radical (unpaired) electrons. The van der Waals surface area contributed by atoms with Crippen molar-refractivity contribution in [2.75, 3.05) is 13.2 Å². The maximum Gasteiger partial charge on any atom is 0.433 e. The van der Waals surface area contributed by atoms with Crippen LogP contribution in [0.5, 0.6) is 0 Å². The van der Waals surface area contributed by atoms with Crippen LogP contribution in [0.15, 0.2) is 36.5 Å². The van der Waals surface area contributed by atoms with Gasteiger partial charge in [0.15, 0.2) is 0 Å². The third kappa shape index (κ3) is 5.21. The summed E-state index contributed by atoms with van der Waals surface area (Å²) in [5.41, 5.74) is -1.13. The van der Waals surface area contributed by atoms with E-state index in [9.17, 15) is 41.0 Å². The maximum atomic E-state index is 13.8. The fourth-order valence-corrected chi connectivity index (χ4v) is 5.58. The Kier molecular flexibility index (Phi) is 7.50. The minimum absolute atomic E-state index is 0.00821. The lowest BCUT2D eigenvalue weighted by Gasteiger charge is -2.38. The van der Waals surface area contributed by atoms with Crippen LogP contribution in [0.4, 0.5) is 26.3 Å². The number of carbonyl (C=O) groups is 2. The van der Waals surface area contributed by atoms with Gasteiger partial charge in [-0.05, 0) is 43.7 Å². The van der Waals surface area contributed by atoms with E-state index in [0.29, 0.717) is 22.9 Å². The first-order valence-electron chi connectivity index (χ1n) is 12.8. The molecule has 2 amide bonds. The second-order valence-corrected chi connectivity index (χ2v) is 10.7. The van der Waals surface area contributed by atoms with Crippen LogP contribution in [0.2, 0.25) is 5.02 Å². The Morgan fingerprint density at radius 2 is 1.86 bits per heavy atom. The minimum atomic E-state index is -4.77. The van der Waals surface area contributed by atoms with Crippen molar-refractivity contribution in [3.8, 4) is 0 Å². The monoisotopic (exact) mass is 615 g/mol. The highest BCUT2D eigenvalue weighted by Gasteiger charge is 2.42. The van der Waals surface area contributed by atoms with E-state index in [0.717, 1.165) is 18.3 Å². The van der Waals surface area contributed by atoms with Crippen LogP contribution in [0, 0.1) is 0 Å². The second kappa shape index (κ2) is 10.6. The van der Waals surface area contributed by atoms with Crippen LogP contribution in [-0.2, 0) is 25.3 Å². The second-order valence-electron chi connectivity index (χ2n) is 10.3. The first-order valence-corrected chi connectivity index (χ1v) is 13.2. The topological polar surface area (TPSA) is 91.6 Å². The smallest absolute Gasteiger partial charge is 0.394 e. The zero-order chi connectivity index (χ0) is 30.7. The van der Waals surface area contributed by atoms with Crippen LogP contribution >= 0.6 is 11.6 Å². The van der Waals surface area contributed by atoms with Gasteiger partial charge in [0.2, 0.25) is 0 Å². The molecule has 4 heterocycles. The van der Waals surface area contributed by atoms with Gasteiger partial charge in [-0.15, -0.1) is 0 Å². The Hall–Kier alpha value is -3.65. The number of alkyl halides is 6. The molecule has 8 nitrogen and oxygen atoms in total. The summed E-state index contributed by atoms with van der Waals surface area (Å²) in [6.07, 6.45) is -8.16. The van der Waals surface area contributed by atoms with E-state index in [1.807, 2.05) is 0 Å². The molecule has 5 rings (SSSR count). The van der Waals surface area contributed by atoms with Crippen LogP contribution < -0.4 is 0 Å². The Morgan fingerprint density at radius 3 is 2.45 bits per heavy atom. The summed E-state index contributed by atoms with van der Waals surface area (Å²) in [6.45, 7) is 2.79. The summed E-state index contributed by atoms with van der Waals surface area (Å²) in [4.78, 5) is 33.4. The van der Waals surface area contributed by atoms with Gasteiger partial charge in [-0.1, -0.05) is 17.7 Å². The number of fused-ring (bicyclic) bond motifs is 3. The lowest BCUT2D eigenvalue weighted by Crippen LogP contribution is -2.47. The van der Waals surface area contributed by atoms with Gasteiger partial charge in [0.1, 0.15) is 11.4 Å². The van der Waals surface area contributed by atoms with E-state index in [-0.39, 0.29) is 30.8 Å². The van der Waals surface area contributed by atoms with Crippen molar-refractivity contribution in [3.05, 3.63) is 80.9 Å². The van der Waals surface area contributed by atoms with Crippen LogP contribution in [0.25, 0.3) is 0 Å². The van der Waals surface area contributed by atoms with E-state index in [2.05, 4.69) is 10.1 Å². The number of rotatable bonds is 4. The average molecular weight is 616 g/mol. The average Bonchev–Trinajstić information content (AvgIpc) is 3.30. The Balaban J connectivity index is 1.47. The highest BCUT2D eigenvalue weighted by molar-refractivity contribution is 6.31. The van der Waals surface area contributed by atoms with Gasteiger partial charge in [-0.2, -0.15) is 31.4 Å². The molecule has 2 aliphatic rings. The van der Waals surface area contributed by atoms with Crippen LogP contribution in [0.3, 0.4) is 0 Å². The van der Waals surface area contributed by atoms with Gasteiger partial charge >= 0.3 is 12.4 Å². The van der Waals surface area contributed by atoms with Crippen molar-refractivity contribution in [3.63, 3.8) is 0 Å². The fraction of sp³-hybridized carbons (Fsp3) is 0.407. The number of amides is 2. The van der Waals surface area contributed by atoms with Crippen molar-refractivity contribution in [1.29, 1.82) is 0 Å². The molecule has 224 valence electrons. The van der Waals surface area contributed by atoms with E-state index in [1.165, 1.54) is 26.6 Å². The largest absolute Gasteiger partial charge is 0.433 e. The summed E-state index contributed by atoms with van der Waals surface area (Å²) in [6, 6.07) is 3.05. The number of benzene rings is 1. The number of carbonyl (C=O) groups excluding carboxylic acids is 2. The molecule has 1 N–H and O–H groups in total. The fourth-order valence-electron chi connectivity index (χ4n) is 5.36. The number of halogens is 7. The number of pyridine rings is 1. The minimum Gasteiger partial charge on any atom is -0.394 e. The zero-order valence-corrected chi connectivity index (χ0v) is 22.9. The molecule has 0 aliphatic carbocycles. The molecule has 0 spiro atoms. The normalized spacial score (nSPS) is 19.9. The molecule has 3 aromatic rings. The first-order chi connectivity index (χ1) is 19.6. The van der Waals surface area contributed by atoms with Crippen molar-refractivity contribution in [2.24, 2.45) is 0 Å². The van der Waals surface area contributed by atoms with E-state index in [1.54, 1.807) is 13.8 Å². The predicted octanol–water partition coefficient (Wildman–Crippen LogP) is 5.31. The number of nitrogens with zero attached hydrogens (tertiary/aromatic N) is 5. The van der Waals surface area contributed by atoms with Crippen molar-refractivity contribution < 1.29 is 41.0 Å². The summed E-state index contributed by atoms with van der Waals surface area (Å²) in [7, 11) is 0. The van der Waals surface area contributed by atoms with Crippen LogP contribution in [0.1, 0.15) is 74.9 Å². The number of hydrogen-bond donors (Lipinski definition) is 1. The summed E-state index contributed by atoms with van der Waals surface area (Å²) < 4.78 is 80.6.